The van der Waals surface area contributed by atoms with Crippen molar-refractivity contribution in [3.63, 3.8) is 0 Å². The van der Waals surface area contributed by atoms with E-state index in [1.54, 1.807) is 0 Å². The maximum Gasteiger partial charge on any atom is 0.0368 e. The summed E-state index contributed by atoms with van der Waals surface area (Å²) in [4.78, 5) is 2.37. The molecule has 1 aromatic rings. The second-order valence-electron chi connectivity index (χ2n) is 5.84. The van der Waals surface area contributed by atoms with E-state index < -0.39 is 0 Å². The highest BCUT2D eigenvalue weighted by molar-refractivity contribution is 5.49. The highest BCUT2D eigenvalue weighted by atomic mass is 15.2. The topological polar surface area (TPSA) is 15.3 Å². The Bertz CT molecular complexity index is 367. The van der Waals surface area contributed by atoms with Crippen LogP contribution in [-0.4, -0.2) is 19.1 Å². The number of benzene rings is 1. The van der Waals surface area contributed by atoms with Crippen molar-refractivity contribution in [3.05, 3.63) is 29.8 Å². The molecule has 0 fully saturated rings. The maximum atomic E-state index is 3.53. The Morgan fingerprint density at radius 1 is 1.11 bits per heavy atom. The molecule has 0 amide bonds. The number of hydrogen-bond donors (Lipinski definition) is 1. The Labute approximate surface area is 119 Å². The van der Waals surface area contributed by atoms with Gasteiger partial charge in [0.25, 0.3) is 0 Å². The van der Waals surface area contributed by atoms with E-state index in [0.29, 0.717) is 6.04 Å². The van der Waals surface area contributed by atoms with Crippen molar-refractivity contribution < 1.29 is 0 Å². The van der Waals surface area contributed by atoms with Crippen LogP contribution in [0.15, 0.2) is 24.3 Å². The van der Waals surface area contributed by atoms with Crippen LogP contribution in [0.1, 0.15) is 59.1 Å². The monoisotopic (exact) mass is 262 g/mol. The quantitative estimate of drug-likeness (QED) is 0.785. The Morgan fingerprint density at radius 3 is 2.11 bits per heavy atom. The molecule has 0 aromatic heterocycles. The van der Waals surface area contributed by atoms with Gasteiger partial charge in [0.1, 0.15) is 0 Å². The van der Waals surface area contributed by atoms with E-state index in [4.69, 9.17) is 0 Å². The summed E-state index contributed by atoms with van der Waals surface area (Å²) >= 11 is 0. The molecule has 2 nitrogen and oxygen atoms in total. The molecule has 108 valence electrons. The number of rotatable bonds is 7. The summed E-state index contributed by atoms with van der Waals surface area (Å²) in [5, 5.41) is 3.53. The number of anilines is 1. The first-order valence-electron chi connectivity index (χ1n) is 7.53. The fraction of sp³-hybridized carbons (Fsp3) is 0.647. The fourth-order valence-electron chi connectivity index (χ4n) is 2.26. The normalized spacial score (nSPS) is 13.4. The van der Waals surface area contributed by atoms with Crippen molar-refractivity contribution in [1.82, 2.24) is 5.32 Å². The van der Waals surface area contributed by atoms with Crippen LogP contribution in [0.25, 0.3) is 0 Å². The van der Waals surface area contributed by atoms with Crippen LogP contribution in [0.2, 0.25) is 0 Å². The van der Waals surface area contributed by atoms with Crippen LogP contribution in [0.4, 0.5) is 5.69 Å². The van der Waals surface area contributed by atoms with Crippen LogP contribution < -0.4 is 10.2 Å². The molecule has 0 bridgehead atoms. The lowest BCUT2D eigenvalue weighted by Crippen LogP contribution is -2.40. The van der Waals surface area contributed by atoms with Crippen molar-refractivity contribution in [2.24, 2.45) is 0 Å². The van der Waals surface area contributed by atoms with Gasteiger partial charge in [0.2, 0.25) is 0 Å². The fourth-order valence-corrected chi connectivity index (χ4v) is 2.26. The molecule has 0 heterocycles. The Hall–Kier alpha value is -1.02. The molecular formula is C17H30N2. The summed E-state index contributed by atoms with van der Waals surface area (Å²) < 4.78 is 0. The zero-order valence-electron chi connectivity index (χ0n) is 13.5. The van der Waals surface area contributed by atoms with Gasteiger partial charge in [-0.1, -0.05) is 32.9 Å². The smallest absolute Gasteiger partial charge is 0.0368 e. The SMILES string of the molecule is CCNC(CC)c1ccc(N(C)C(C)(C)CC)cc1. The van der Waals surface area contributed by atoms with Crippen LogP contribution in [0.5, 0.6) is 0 Å². The van der Waals surface area contributed by atoms with E-state index in [0.717, 1.165) is 19.4 Å². The van der Waals surface area contributed by atoms with Gasteiger partial charge in [-0.15, -0.1) is 0 Å². The number of hydrogen-bond acceptors (Lipinski definition) is 2. The molecule has 1 atom stereocenters. The molecule has 0 aliphatic carbocycles. The van der Waals surface area contributed by atoms with E-state index in [9.17, 15) is 0 Å². The summed E-state index contributed by atoms with van der Waals surface area (Å²) in [5.74, 6) is 0. The average Bonchev–Trinajstić information content (AvgIpc) is 2.44. The molecule has 1 unspecified atom stereocenters. The number of nitrogens with zero attached hydrogens (tertiary/aromatic N) is 1. The third kappa shape index (κ3) is 3.97. The van der Waals surface area contributed by atoms with Crippen molar-refractivity contribution in [3.8, 4) is 0 Å². The van der Waals surface area contributed by atoms with Crippen LogP contribution in [0, 0.1) is 0 Å². The molecule has 2 heteroatoms. The summed E-state index contributed by atoms with van der Waals surface area (Å²) in [6.07, 6.45) is 2.27. The number of nitrogens with one attached hydrogen (secondary N) is 1. The van der Waals surface area contributed by atoms with Crippen molar-refractivity contribution in [2.45, 2.75) is 59.0 Å². The van der Waals surface area contributed by atoms with Crippen LogP contribution in [-0.2, 0) is 0 Å². The third-order valence-electron chi connectivity index (χ3n) is 4.31. The molecule has 0 radical (unpaired) electrons. The minimum atomic E-state index is 0.202. The van der Waals surface area contributed by atoms with Gasteiger partial charge in [-0.2, -0.15) is 0 Å². The van der Waals surface area contributed by atoms with Gasteiger partial charge in [0.05, 0.1) is 0 Å². The van der Waals surface area contributed by atoms with E-state index >= 15 is 0 Å². The summed E-state index contributed by atoms with van der Waals surface area (Å²) in [6.45, 7) is 12.2. The molecule has 0 aliphatic rings. The van der Waals surface area contributed by atoms with Crippen molar-refractivity contribution >= 4 is 5.69 Å². The molecular weight excluding hydrogens is 232 g/mol. The zero-order chi connectivity index (χ0) is 14.5. The predicted octanol–water partition coefficient (Wildman–Crippen LogP) is 4.37. The molecule has 1 rings (SSSR count). The maximum absolute atomic E-state index is 3.53. The summed E-state index contributed by atoms with van der Waals surface area (Å²) in [6, 6.07) is 9.48. The first kappa shape index (κ1) is 16.0. The van der Waals surface area contributed by atoms with E-state index in [1.807, 2.05) is 0 Å². The molecule has 0 spiro atoms. The minimum Gasteiger partial charge on any atom is -0.369 e. The van der Waals surface area contributed by atoms with Gasteiger partial charge in [0, 0.05) is 24.3 Å². The van der Waals surface area contributed by atoms with Crippen LogP contribution >= 0.6 is 0 Å². The minimum absolute atomic E-state index is 0.202. The second-order valence-corrected chi connectivity index (χ2v) is 5.84. The van der Waals surface area contributed by atoms with Gasteiger partial charge in [0.15, 0.2) is 0 Å². The lowest BCUT2D eigenvalue weighted by atomic mass is 9.98. The lowest BCUT2D eigenvalue weighted by molar-refractivity contribution is 0.470. The molecule has 0 saturated carbocycles. The molecule has 1 aromatic carbocycles. The molecule has 1 N–H and O–H groups in total. The van der Waals surface area contributed by atoms with Gasteiger partial charge >= 0.3 is 0 Å². The standard InChI is InChI=1S/C17H30N2/c1-7-16(18-9-3)14-10-12-15(13-11-14)19(6)17(4,5)8-2/h10-13,16,18H,7-9H2,1-6H3. The molecule has 0 aliphatic heterocycles. The van der Waals surface area contributed by atoms with Crippen molar-refractivity contribution in [2.75, 3.05) is 18.5 Å². The van der Waals surface area contributed by atoms with Gasteiger partial charge in [-0.05, 0) is 50.9 Å². The molecule has 19 heavy (non-hydrogen) atoms. The predicted molar refractivity (Wildman–Crippen MR) is 85.9 cm³/mol. The summed E-state index contributed by atoms with van der Waals surface area (Å²) in [5.41, 5.74) is 2.88. The van der Waals surface area contributed by atoms with E-state index in [2.05, 4.69) is 76.1 Å². The van der Waals surface area contributed by atoms with Gasteiger partial charge in [-0.25, -0.2) is 0 Å². The third-order valence-corrected chi connectivity index (χ3v) is 4.31. The first-order chi connectivity index (χ1) is 8.96. The molecule has 0 saturated heterocycles. The zero-order valence-corrected chi connectivity index (χ0v) is 13.5. The summed E-state index contributed by atoms with van der Waals surface area (Å²) in [7, 11) is 2.18. The highest BCUT2D eigenvalue weighted by Gasteiger charge is 2.21. The van der Waals surface area contributed by atoms with Crippen LogP contribution in [0.3, 0.4) is 0 Å². The van der Waals surface area contributed by atoms with Gasteiger partial charge in [-0.3, -0.25) is 0 Å². The average molecular weight is 262 g/mol. The van der Waals surface area contributed by atoms with E-state index in [1.165, 1.54) is 11.3 Å². The van der Waals surface area contributed by atoms with E-state index in [-0.39, 0.29) is 5.54 Å². The second kappa shape index (κ2) is 6.95. The Kier molecular flexibility index (Phi) is 5.86. The largest absolute Gasteiger partial charge is 0.369 e. The first-order valence-corrected chi connectivity index (χ1v) is 7.53. The highest BCUT2D eigenvalue weighted by Crippen LogP contribution is 2.26. The lowest BCUT2D eigenvalue weighted by Gasteiger charge is -2.37. The Balaban J connectivity index is 2.87. The van der Waals surface area contributed by atoms with Crippen molar-refractivity contribution in [1.29, 1.82) is 0 Å². The Morgan fingerprint density at radius 2 is 1.68 bits per heavy atom. The van der Waals surface area contributed by atoms with Gasteiger partial charge < -0.3 is 10.2 Å².